The molecular formula is C31H34BrClO4. The van der Waals surface area contributed by atoms with Crippen LogP contribution in [0.15, 0.2) is 66.7 Å². The molecule has 1 fully saturated rings. The highest BCUT2D eigenvalue weighted by atomic mass is 79.9. The zero-order valence-corrected chi connectivity index (χ0v) is 23.7. The number of fused-ring (bicyclic) bond motifs is 1. The Kier molecular flexibility index (Phi) is 8.89. The summed E-state index contributed by atoms with van der Waals surface area (Å²) in [6.45, 7) is 6.00. The van der Waals surface area contributed by atoms with Crippen molar-refractivity contribution in [3.63, 3.8) is 0 Å². The minimum atomic E-state index is -0.340. The van der Waals surface area contributed by atoms with Crippen molar-refractivity contribution < 1.29 is 18.9 Å². The number of benzene rings is 3. The van der Waals surface area contributed by atoms with E-state index >= 15 is 0 Å². The largest absolute Gasteiger partial charge is 0.493 e. The predicted octanol–water partition coefficient (Wildman–Crippen LogP) is 7.83. The van der Waals surface area contributed by atoms with Crippen molar-refractivity contribution >= 4 is 27.5 Å². The van der Waals surface area contributed by atoms with E-state index in [4.69, 9.17) is 30.5 Å². The quantitative estimate of drug-likeness (QED) is 0.240. The van der Waals surface area contributed by atoms with Crippen molar-refractivity contribution in [1.82, 2.24) is 0 Å². The van der Waals surface area contributed by atoms with Crippen molar-refractivity contribution in [2.75, 3.05) is 6.61 Å². The smallest absolute Gasteiger partial charge is 0.130 e. The van der Waals surface area contributed by atoms with Crippen LogP contribution in [-0.2, 0) is 39.2 Å². The summed E-state index contributed by atoms with van der Waals surface area (Å²) < 4.78 is 26.4. The number of rotatable bonds is 9. The van der Waals surface area contributed by atoms with Crippen LogP contribution in [-0.4, -0.2) is 24.9 Å². The first kappa shape index (κ1) is 26.7. The molecule has 0 aromatic heterocycles. The van der Waals surface area contributed by atoms with Crippen LogP contribution in [0.3, 0.4) is 0 Å². The second kappa shape index (κ2) is 12.3. The minimum absolute atomic E-state index is 0.0301. The maximum absolute atomic E-state index is 6.84. The van der Waals surface area contributed by atoms with Gasteiger partial charge in [-0.2, -0.15) is 0 Å². The Morgan fingerprint density at radius 1 is 0.946 bits per heavy atom. The van der Waals surface area contributed by atoms with Crippen LogP contribution in [0.25, 0.3) is 0 Å². The molecule has 2 aliphatic heterocycles. The summed E-state index contributed by atoms with van der Waals surface area (Å²) in [5.41, 5.74) is 5.37. The summed E-state index contributed by atoms with van der Waals surface area (Å²) in [6.07, 6.45) is 0.893. The summed E-state index contributed by atoms with van der Waals surface area (Å²) in [5, 5.41) is 1.44. The molecule has 3 aromatic rings. The van der Waals surface area contributed by atoms with Gasteiger partial charge in [-0.15, -0.1) is 0 Å². The predicted molar refractivity (Wildman–Crippen MR) is 150 cm³/mol. The third-order valence-corrected chi connectivity index (χ3v) is 8.56. The molecule has 1 saturated heterocycles. The SMILES string of the molecule is CC[C@H]1OC(c2cc(CBr)c(Cl)c3c2OCC3)[C@H](OCc2ccccc2)[C@@H](OCc2ccccc2)[C@@H]1C. The first-order valence-corrected chi connectivity index (χ1v) is 14.6. The summed E-state index contributed by atoms with van der Waals surface area (Å²) in [7, 11) is 0. The van der Waals surface area contributed by atoms with E-state index in [0.717, 1.165) is 51.4 Å². The molecule has 5 atom stereocenters. The van der Waals surface area contributed by atoms with E-state index in [-0.39, 0.29) is 30.3 Å². The van der Waals surface area contributed by atoms with Crippen LogP contribution in [0.4, 0.5) is 0 Å². The Hall–Kier alpha value is -1.89. The Balaban J connectivity index is 1.53. The summed E-state index contributed by atoms with van der Waals surface area (Å²) in [4.78, 5) is 0. The molecule has 5 rings (SSSR count). The zero-order chi connectivity index (χ0) is 25.8. The van der Waals surface area contributed by atoms with Gasteiger partial charge in [0.2, 0.25) is 0 Å². The maximum atomic E-state index is 6.84. The van der Waals surface area contributed by atoms with Crippen molar-refractivity contribution in [2.24, 2.45) is 5.92 Å². The van der Waals surface area contributed by atoms with E-state index in [9.17, 15) is 0 Å². The fourth-order valence-corrected chi connectivity index (χ4v) is 6.40. The van der Waals surface area contributed by atoms with E-state index in [1.807, 2.05) is 36.4 Å². The molecular weight excluding hydrogens is 552 g/mol. The molecule has 0 amide bonds. The molecule has 0 aliphatic carbocycles. The van der Waals surface area contributed by atoms with Crippen molar-refractivity contribution in [2.45, 2.75) is 69.6 Å². The number of hydrogen-bond acceptors (Lipinski definition) is 4. The Bertz CT molecular complexity index is 1170. The molecule has 0 N–H and O–H groups in total. The lowest BCUT2D eigenvalue weighted by molar-refractivity contribution is -0.235. The molecule has 0 spiro atoms. The van der Waals surface area contributed by atoms with E-state index in [1.165, 1.54) is 0 Å². The fourth-order valence-electron chi connectivity index (χ4n) is 5.50. The van der Waals surface area contributed by atoms with Crippen LogP contribution >= 0.6 is 27.5 Å². The second-order valence-corrected chi connectivity index (χ2v) is 10.8. The van der Waals surface area contributed by atoms with Gasteiger partial charge in [-0.05, 0) is 29.2 Å². The van der Waals surface area contributed by atoms with Gasteiger partial charge in [0.05, 0.1) is 37.1 Å². The lowest BCUT2D eigenvalue weighted by Gasteiger charge is -2.46. The Labute approximate surface area is 233 Å². The lowest BCUT2D eigenvalue weighted by Crippen LogP contribution is -2.51. The Morgan fingerprint density at radius 2 is 1.57 bits per heavy atom. The van der Waals surface area contributed by atoms with Gasteiger partial charge < -0.3 is 18.9 Å². The highest BCUT2D eigenvalue weighted by Gasteiger charge is 2.47. The second-order valence-electron chi connectivity index (χ2n) is 9.86. The third kappa shape index (κ3) is 5.76. The number of hydrogen-bond donors (Lipinski definition) is 0. The van der Waals surface area contributed by atoms with Gasteiger partial charge >= 0.3 is 0 Å². The average molecular weight is 586 g/mol. The maximum Gasteiger partial charge on any atom is 0.130 e. The monoisotopic (exact) mass is 584 g/mol. The summed E-state index contributed by atoms with van der Waals surface area (Å²) in [6, 6.07) is 22.7. The fraction of sp³-hybridized carbons (Fsp3) is 0.419. The van der Waals surface area contributed by atoms with Gasteiger partial charge in [-0.25, -0.2) is 0 Å². The number of ether oxygens (including phenoxy) is 4. The average Bonchev–Trinajstić information content (AvgIpc) is 3.44. The molecule has 1 unspecified atom stereocenters. The lowest BCUT2D eigenvalue weighted by atomic mass is 9.83. The van der Waals surface area contributed by atoms with E-state index in [2.05, 4.69) is 60.1 Å². The number of halogens is 2. The normalized spacial score (nSPS) is 25.0. The molecule has 196 valence electrons. The van der Waals surface area contributed by atoms with Crippen LogP contribution < -0.4 is 4.74 Å². The standard InChI is InChI=1S/C31H34BrClO4/c1-3-26-20(2)28(35-18-21-10-6-4-7-11-21)31(36-19-22-12-8-5-9-13-22)30(37-26)25-16-23(17-32)27(33)24-14-15-34-29(24)25/h4-13,16,20,26,28,30-31H,3,14-15,17-19H2,1-2H3/t20-,26-,28+,30?,31-/m1/s1. The van der Waals surface area contributed by atoms with Crippen molar-refractivity contribution in [3.8, 4) is 5.75 Å². The van der Waals surface area contributed by atoms with Gasteiger partial charge in [-0.1, -0.05) is 102 Å². The number of alkyl halides is 1. The first-order valence-electron chi connectivity index (χ1n) is 13.1. The molecule has 0 saturated carbocycles. The van der Waals surface area contributed by atoms with Crippen LogP contribution in [0.1, 0.15) is 54.2 Å². The molecule has 2 aliphatic rings. The molecule has 0 radical (unpaired) electrons. The van der Waals surface area contributed by atoms with E-state index in [0.29, 0.717) is 25.2 Å². The van der Waals surface area contributed by atoms with Gasteiger partial charge in [0.1, 0.15) is 18.0 Å². The first-order chi connectivity index (χ1) is 18.1. The van der Waals surface area contributed by atoms with Crippen LogP contribution in [0, 0.1) is 5.92 Å². The van der Waals surface area contributed by atoms with Gasteiger partial charge in [0, 0.05) is 28.8 Å². The molecule has 37 heavy (non-hydrogen) atoms. The third-order valence-electron chi connectivity index (χ3n) is 7.48. The van der Waals surface area contributed by atoms with Gasteiger partial charge in [0.15, 0.2) is 0 Å². The van der Waals surface area contributed by atoms with E-state index < -0.39 is 0 Å². The molecule has 2 heterocycles. The van der Waals surface area contributed by atoms with E-state index in [1.54, 1.807) is 0 Å². The zero-order valence-electron chi connectivity index (χ0n) is 21.4. The van der Waals surface area contributed by atoms with Crippen LogP contribution in [0.5, 0.6) is 5.75 Å². The van der Waals surface area contributed by atoms with Crippen molar-refractivity contribution in [1.29, 1.82) is 0 Å². The summed E-state index contributed by atoms with van der Waals surface area (Å²) in [5.74, 6) is 1.00. The highest BCUT2D eigenvalue weighted by Crippen LogP contribution is 2.47. The molecule has 3 aromatic carbocycles. The summed E-state index contributed by atoms with van der Waals surface area (Å²) >= 11 is 10.4. The highest BCUT2D eigenvalue weighted by molar-refractivity contribution is 9.08. The molecule has 0 bridgehead atoms. The van der Waals surface area contributed by atoms with Gasteiger partial charge in [0.25, 0.3) is 0 Å². The topological polar surface area (TPSA) is 36.9 Å². The molecule has 6 heteroatoms. The molecule has 4 nitrogen and oxygen atoms in total. The van der Waals surface area contributed by atoms with Gasteiger partial charge in [-0.3, -0.25) is 0 Å². The minimum Gasteiger partial charge on any atom is -0.493 e. The van der Waals surface area contributed by atoms with Crippen LogP contribution in [0.2, 0.25) is 5.02 Å². The van der Waals surface area contributed by atoms with Crippen molar-refractivity contribution in [3.05, 3.63) is 99.6 Å². The Morgan fingerprint density at radius 3 is 2.16 bits per heavy atom.